The minimum absolute atomic E-state index is 0.00201. The summed E-state index contributed by atoms with van der Waals surface area (Å²) in [6, 6.07) is 3.89. The van der Waals surface area contributed by atoms with Crippen LogP contribution < -0.4 is 4.72 Å². The highest BCUT2D eigenvalue weighted by Crippen LogP contribution is 2.29. The Morgan fingerprint density at radius 1 is 1.21 bits per heavy atom. The van der Waals surface area contributed by atoms with E-state index in [9.17, 15) is 21.6 Å². The summed E-state index contributed by atoms with van der Waals surface area (Å²) < 4.78 is 62.7. The van der Waals surface area contributed by atoms with E-state index in [-0.39, 0.29) is 5.75 Å². The maximum atomic E-state index is 12.4. The van der Waals surface area contributed by atoms with E-state index in [0.717, 1.165) is 12.1 Å². The molecule has 1 aromatic carbocycles. The maximum absolute atomic E-state index is 12.4. The van der Waals surface area contributed by atoms with E-state index in [1.807, 2.05) is 0 Å². The third kappa shape index (κ3) is 4.83. The van der Waals surface area contributed by atoms with Gasteiger partial charge in [0.1, 0.15) is 0 Å². The molecule has 0 radical (unpaired) electrons. The fourth-order valence-corrected chi connectivity index (χ4v) is 2.96. The average molecular weight is 295 g/mol. The first kappa shape index (κ1) is 16.0. The number of hydrogen-bond donors (Lipinski definition) is 1. The largest absolute Gasteiger partial charge is 0.416 e. The molecule has 1 unspecified atom stereocenters. The van der Waals surface area contributed by atoms with Crippen molar-refractivity contribution in [2.45, 2.75) is 32.5 Å². The molecule has 0 spiro atoms. The van der Waals surface area contributed by atoms with E-state index >= 15 is 0 Å². The van der Waals surface area contributed by atoms with E-state index in [2.05, 4.69) is 4.72 Å². The Hall–Kier alpha value is -1.08. The SMILES string of the molecule is CCCS(=O)(=O)NC(C)c1ccc(C(F)(F)F)cc1. The lowest BCUT2D eigenvalue weighted by Crippen LogP contribution is -2.28. The first-order valence-electron chi connectivity index (χ1n) is 5.83. The number of nitrogens with one attached hydrogen (secondary N) is 1. The highest BCUT2D eigenvalue weighted by atomic mass is 32.2. The minimum Gasteiger partial charge on any atom is -0.212 e. The van der Waals surface area contributed by atoms with Crippen LogP contribution in [0.1, 0.15) is 37.4 Å². The Bertz CT molecular complexity index is 509. The Kier molecular flexibility index (Phi) is 4.98. The lowest BCUT2D eigenvalue weighted by atomic mass is 10.1. The van der Waals surface area contributed by atoms with Crippen molar-refractivity contribution in [2.75, 3.05) is 5.75 Å². The molecule has 7 heteroatoms. The molecule has 0 heterocycles. The van der Waals surface area contributed by atoms with Gasteiger partial charge in [0.25, 0.3) is 0 Å². The van der Waals surface area contributed by atoms with Crippen molar-refractivity contribution in [3.63, 3.8) is 0 Å². The number of sulfonamides is 1. The standard InChI is InChI=1S/C12H16F3NO2S/c1-3-8-19(17,18)16-9(2)10-4-6-11(7-5-10)12(13,14)15/h4-7,9,16H,3,8H2,1-2H3. The van der Waals surface area contributed by atoms with E-state index in [1.165, 1.54) is 12.1 Å². The van der Waals surface area contributed by atoms with Crippen LogP contribution in [-0.2, 0) is 16.2 Å². The molecule has 0 aliphatic heterocycles. The number of rotatable bonds is 5. The lowest BCUT2D eigenvalue weighted by Gasteiger charge is -2.15. The van der Waals surface area contributed by atoms with Gasteiger partial charge in [-0.15, -0.1) is 0 Å². The summed E-state index contributed by atoms with van der Waals surface area (Å²) in [4.78, 5) is 0. The second-order valence-corrected chi connectivity index (χ2v) is 6.15. The molecule has 0 aromatic heterocycles. The van der Waals surface area contributed by atoms with Gasteiger partial charge in [-0.05, 0) is 31.0 Å². The Morgan fingerprint density at radius 3 is 2.16 bits per heavy atom. The van der Waals surface area contributed by atoms with Crippen molar-refractivity contribution < 1.29 is 21.6 Å². The third-order valence-corrected chi connectivity index (χ3v) is 4.23. The van der Waals surface area contributed by atoms with Gasteiger partial charge in [0.15, 0.2) is 0 Å². The molecule has 0 fully saturated rings. The van der Waals surface area contributed by atoms with Crippen molar-refractivity contribution in [1.29, 1.82) is 0 Å². The summed E-state index contributed by atoms with van der Waals surface area (Å²) in [6.45, 7) is 3.33. The molecule has 0 aliphatic rings. The number of alkyl halides is 3. The topological polar surface area (TPSA) is 46.2 Å². The molecule has 0 saturated carbocycles. The van der Waals surface area contributed by atoms with Crippen molar-refractivity contribution in [3.05, 3.63) is 35.4 Å². The molecule has 1 N–H and O–H groups in total. The van der Waals surface area contributed by atoms with Gasteiger partial charge in [0, 0.05) is 6.04 Å². The van der Waals surface area contributed by atoms with Crippen LogP contribution in [0.25, 0.3) is 0 Å². The molecule has 1 aromatic rings. The zero-order valence-electron chi connectivity index (χ0n) is 10.7. The zero-order chi connectivity index (χ0) is 14.7. The predicted molar refractivity (Wildman–Crippen MR) is 67.1 cm³/mol. The first-order chi connectivity index (χ1) is 8.65. The van der Waals surface area contributed by atoms with Crippen LogP contribution in [0.5, 0.6) is 0 Å². The summed E-state index contributed by atoms with van der Waals surface area (Å²) in [7, 11) is -3.39. The first-order valence-corrected chi connectivity index (χ1v) is 7.48. The smallest absolute Gasteiger partial charge is 0.212 e. The fourth-order valence-electron chi connectivity index (χ4n) is 1.63. The Labute approximate surface area is 110 Å². The van der Waals surface area contributed by atoms with Gasteiger partial charge in [-0.1, -0.05) is 19.1 Å². The van der Waals surface area contributed by atoms with Crippen LogP contribution in [0.3, 0.4) is 0 Å². The van der Waals surface area contributed by atoms with Crippen molar-refractivity contribution in [2.24, 2.45) is 0 Å². The fraction of sp³-hybridized carbons (Fsp3) is 0.500. The number of benzene rings is 1. The van der Waals surface area contributed by atoms with E-state index in [1.54, 1.807) is 13.8 Å². The van der Waals surface area contributed by atoms with Crippen molar-refractivity contribution in [1.82, 2.24) is 4.72 Å². The van der Waals surface area contributed by atoms with Crippen molar-refractivity contribution in [3.8, 4) is 0 Å². The van der Waals surface area contributed by atoms with Gasteiger partial charge < -0.3 is 0 Å². The van der Waals surface area contributed by atoms with E-state index < -0.39 is 27.8 Å². The van der Waals surface area contributed by atoms with Gasteiger partial charge in [-0.3, -0.25) is 0 Å². The summed E-state index contributed by atoms with van der Waals surface area (Å²) in [6.07, 6.45) is -3.90. The molecule has 19 heavy (non-hydrogen) atoms. The molecule has 0 aliphatic carbocycles. The summed E-state index contributed by atoms with van der Waals surface area (Å²) >= 11 is 0. The molecule has 1 rings (SSSR count). The van der Waals surface area contributed by atoms with Crippen LogP contribution in [0.15, 0.2) is 24.3 Å². The Morgan fingerprint density at radius 2 is 1.74 bits per heavy atom. The van der Waals surface area contributed by atoms with E-state index in [4.69, 9.17) is 0 Å². The highest BCUT2D eigenvalue weighted by Gasteiger charge is 2.30. The number of hydrogen-bond acceptors (Lipinski definition) is 2. The average Bonchev–Trinajstić information content (AvgIpc) is 2.27. The molecule has 3 nitrogen and oxygen atoms in total. The number of halogens is 3. The molecule has 0 amide bonds. The maximum Gasteiger partial charge on any atom is 0.416 e. The molecule has 0 saturated heterocycles. The van der Waals surface area contributed by atoms with Gasteiger partial charge >= 0.3 is 6.18 Å². The van der Waals surface area contributed by atoms with Gasteiger partial charge in [0.2, 0.25) is 10.0 Å². The van der Waals surface area contributed by atoms with Crippen LogP contribution in [0.4, 0.5) is 13.2 Å². The predicted octanol–water partition coefficient (Wildman–Crippen LogP) is 3.10. The zero-order valence-corrected chi connectivity index (χ0v) is 11.5. The van der Waals surface area contributed by atoms with E-state index in [0.29, 0.717) is 12.0 Å². The summed E-state index contributed by atoms with van der Waals surface area (Å²) in [5.74, 6) is -0.00201. The normalized spacial score (nSPS) is 14.4. The lowest BCUT2D eigenvalue weighted by molar-refractivity contribution is -0.137. The third-order valence-electron chi connectivity index (χ3n) is 2.57. The summed E-state index contributed by atoms with van der Waals surface area (Å²) in [5, 5.41) is 0. The summed E-state index contributed by atoms with van der Waals surface area (Å²) in [5.41, 5.74) is -0.257. The molecular weight excluding hydrogens is 279 g/mol. The second-order valence-electron chi connectivity index (χ2n) is 4.28. The van der Waals surface area contributed by atoms with Crippen LogP contribution in [-0.4, -0.2) is 14.2 Å². The Balaban J connectivity index is 2.82. The molecule has 1 atom stereocenters. The highest BCUT2D eigenvalue weighted by molar-refractivity contribution is 7.89. The second kappa shape index (κ2) is 5.92. The molecule has 108 valence electrons. The van der Waals surface area contributed by atoms with Crippen LogP contribution in [0, 0.1) is 0 Å². The monoisotopic (exact) mass is 295 g/mol. The van der Waals surface area contributed by atoms with Crippen LogP contribution in [0.2, 0.25) is 0 Å². The molecular formula is C12H16F3NO2S. The van der Waals surface area contributed by atoms with Gasteiger partial charge in [0.05, 0.1) is 11.3 Å². The van der Waals surface area contributed by atoms with Crippen molar-refractivity contribution >= 4 is 10.0 Å². The molecule has 0 bridgehead atoms. The van der Waals surface area contributed by atoms with Crippen LogP contribution >= 0.6 is 0 Å². The minimum atomic E-state index is -4.39. The quantitative estimate of drug-likeness (QED) is 0.907. The van der Waals surface area contributed by atoms with Gasteiger partial charge in [-0.25, -0.2) is 13.1 Å². The van der Waals surface area contributed by atoms with Gasteiger partial charge in [-0.2, -0.15) is 13.2 Å².